The quantitative estimate of drug-likeness (QED) is 0.471. The van der Waals surface area contributed by atoms with Gasteiger partial charge >= 0.3 is 12.3 Å². The Balaban J connectivity index is 3.34. The molecule has 0 atom stereocenters. The Morgan fingerprint density at radius 1 is 1.43 bits per heavy atom. The normalized spacial score (nSPS) is 11.6. The molecule has 1 aromatic rings. The van der Waals surface area contributed by atoms with Crippen molar-refractivity contribution in [3.8, 4) is 5.75 Å². The van der Waals surface area contributed by atoms with Crippen LogP contribution in [0.5, 0.6) is 5.75 Å². The van der Waals surface area contributed by atoms with Crippen molar-refractivity contribution >= 4 is 17.6 Å². The molecule has 0 spiro atoms. The molecule has 0 aliphatic rings. The van der Waals surface area contributed by atoms with Crippen LogP contribution in [0.3, 0.4) is 0 Å². The lowest BCUT2D eigenvalue weighted by atomic mass is 10.0. The van der Waals surface area contributed by atoms with E-state index in [4.69, 9.17) is 11.6 Å². The third-order valence-corrected chi connectivity index (χ3v) is 2.66. The first kappa shape index (κ1) is 17.4. The number of aromatic nitrogens is 1. The molecule has 118 valence electrons. The molecule has 0 aromatic carbocycles. The predicted octanol–water partition coefficient (Wildman–Crippen LogP) is 3.37. The lowest BCUT2D eigenvalue weighted by Crippen LogP contribution is -2.20. The van der Waals surface area contributed by atoms with Crippen molar-refractivity contribution in [2.45, 2.75) is 25.1 Å². The van der Waals surface area contributed by atoms with Gasteiger partial charge in [-0.25, -0.2) is 8.78 Å². The number of carbonyl (C=O) groups is 1. The molecule has 0 saturated heterocycles. The van der Waals surface area contributed by atoms with Gasteiger partial charge in [-0.15, -0.1) is 24.8 Å². The molecular weight excluding hydrogens is 325 g/mol. The molecule has 4 nitrogen and oxygen atoms in total. The zero-order chi connectivity index (χ0) is 16.2. The topological polar surface area (TPSA) is 48.4 Å². The fourth-order valence-electron chi connectivity index (χ4n) is 1.55. The summed E-state index contributed by atoms with van der Waals surface area (Å²) in [6, 6.07) is 0. The lowest BCUT2D eigenvalue weighted by molar-refractivity contribution is -0.275. The second-order valence-corrected chi connectivity index (χ2v) is 3.96. The first-order valence-corrected chi connectivity index (χ1v) is 5.90. The van der Waals surface area contributed by atoms with Crippen molar-refractivity contribution in [3.05, 3.63) is 23.0 Å². The number of carbonyl (C=O) groups excluding carboxylic acids is 1. The smallest absolute Gasteiger partial charge is 0.469 e. The van der Waals surface area contributed by atoms with Gasteiger partial charge in [0.1, 0.15) is 0 Å². The Hall–Kier alpha value is -1.64. The minimum Gasteiger partial charge on any atom is -0.469 e. The largest absolute Gasteiger partial charge is 0.573 e. The fraction of sp³-hybridized carbons (Fsp3) is 0.455. The molecule has 0 bridgehead atoms. The molecule has 0 fully saturated rings. The molecule has 0 amide bonds. The lowest BCUT2D eigenvalue weighted by Gasteiger charge is -2.17. The number of halogens is 6. The number of esters is 1. The van der Waals surface area contributed by atoms with E-state index in [1.54, 1.807) is 0 Å². The highest BCUT2D eigenvalue weighted by molar-refractivity contribution is 6.17. The van der Waals surface area contributed by atoms with Crippen LogP contribution in [0.2, 0.25) is 0 Å². The van der Waals surface area contributed by atoms with Crippen molar-refractivity contribution < 1.29 is 36.2 Å². The van der Waals surface area contributed by atoms with E-state index in [0.717, 1.165) is 7.11 Å². The maximum absolute atomic E-state index is 13.1. The van der Waals surface area contributed by atoms with Crippen LogP contribution in [-0.4, -0.2) is 24.4 Å². The minimum atomic E-state index is -5.08. The number of methoxy groups -OCH3 is 1. The third kappa shape index (κ3) is 4.69. The molecule has 0 aliphatic heterocycles. The van der Waals surface area contributed by atoms with Crippen LogP contribution >= 0.6 is 11.6 Å². The number of alkyl halides is 6. The van der Waals surface area contributed by atoms with Crippen LogP contribution in [-0.2, 0) is 21.8 Å². The number of nitrogens with zero attached hydrogens (tertiary/aromatic N) is 1. The molecule has 0 aliphatic carbocycles. The van der Waals surface area contributed by atoms with E-state index >= 15 is 0 Å². The maximum Gasteiger partial charge on any atom is 0.573 e. The average Bonchev–Trinajstić information content (AvgIpc) is 2.37. The number of hydrogen-bond donors (Lipinski definition) is 0. The summed E-state index contributed by atoms with van der Waals surface area (Å²) in [6.07, 6.45) is -8.28. The van der Waals surface area contributed by atoms with Crippen molar-refractivity contribution in [3.63, 3.8) is 0 Å². The summed E-state index contributed by atoms with van der Waals surface area (Å²) in [5, 5.41) is 0. The maximum atomic E-state index is 13.1. The van der Waals surface area contributed by atoms with Gasteiger partial charge in [0.05, 0.1) is 31.3 Å². The molecule has 21 heavy (non-hydrogen) atoms. The Bertz CT molecular complexity index is 521. The van der Waals surface area contributed by atoms with Gasteiger partial charge in [-0.05, 0) is 0 Å². The third-order valence-electron chi connectivity index (χ3n) is 2.39. The van der Waals surface area contributed by atoms with E-state index in [0.29, 0.717) is 6.20 Å². The van der Waals surface area contributed by atoms with Crippen molar-refractivity contribution in [1.29, 1.82) is 0 Å². The van der Waals surface area contributed by atoms with Gasteiger partial charge in [-0.2, -0.15) is 0 Å². The van der Waals surface area contributed by atoms with Gasteiger partial charge in [0, 0.05) is 11.1 Å². The van der Waals surface area contributed by atoms with E-state index in [1.807, 2.05) is 0 Å². The molecule has 1 rings (SSSR count). The summed E-state index contributed by atoms with van der Waals surface area (Å²) in [5.74, 6) is -2.46. The van der Waals surface area contributed by atoms with E-state index < -0.39 is 53.6 Å². The zero-order valence-electron chi connectivity index (χ0n) is 10.5. The van der Waals surface area contributed by atoms with E-state index in [1.165, 1.54) is 0 Å². The second-order valence-electron chi connectivity index (χ2n) is 3.70. The van der Waals surface area contributed by atoms with Crippen molar-refractivity contribution in [1.82, 2.24) is 4.98 Å². The van der Waals surface area contributed by atoms with Gasteiger partial charge in [-0.1, -0.05) is 0 Å². The Kier molecular flexibility index (Phi) is 5.70. The van der Waals surface area contributed by atoms with Crippen LogP contribution in [0.25, 0.3) is 0 Å². The van der Waals surface area contributed by atoms with Crippen LogP contribution in [0.1, 0.15) is 23.2 Å². The molecule has 0 unspecified atom stereocenters. The standard InChI is InChI=1S/C11H9ClF5NO3/c1-20-8(19)2-6-9(10(13)14)5(3-12)7(4-18-6)21-11(15,16)17/h4,10H,2-3H2,1H3. The second kappa shape index (κ2) is 6.88. The minimum absolute atomic E-state index is 0.415. The summed E-state index contributed by atoms with van der Waals surface area (Å²) in [6.45, 7) is 0. The number of rotatable bonds is 5. The Morgan fingerprint density at radius 2 is 2.05 bits per heavy atom. The van der Waals surface area contributed by atoms with Gasteiger partial charge < -0.3 is 9.47 Å². The fourth-order valence-corrected chi connectivity index (χ4v) is 1.82. The van der Waals surface area contributed by atoms with Crippen LogP contribution in [0.15, 0.2) is 6.20 Å². The summed E-state index contributed by atoms with van der Waals surface area (Å²) >= 11 is 5.43. The SMILES string of the molecule is COC(=O)Cc1ncc(OC(F)(F)F)c(CCl)c1C(F)F. The van der Waals surface area contributed by atoms with Crippen LogP contribution < -0.4 is 4.74 Å². The van der Waals surface area contributed by atoms with Crippen molar-refractivity contribution in [2.24, 2.45) is 0 Å². The summed E-state index contributed by atoms with van der Waals surface area (Å²) in [5.41, 5.74) is -1.85. The molecule has 10 heteroatoms. The first-order chi connectivity index (χ1) is 9.69. The number of ether oxygens (including phenoxy) is 2. The van der Waals surface area contributed by atoms with Crippen molar-refractivity contribution in [2.75, 3.05) is 7.11 Å². The average molecular weight is 334 g/mol. The van der Waals surface area contributed by atoms with Gasteiger partial charge in [0.15, 0.2) is 5.75 Å². The van der Waals surface area contributed by atoms with Gasteiger partial charge in [0.2, 0.25) is 0 Å². The van der Waals surface area contributed by atoms with Gasteiger partial charge in [0.25, 0.3) is 6.43 Å². The summed E-state index contributed by atoms with van der Waals surface area (Å²) in [7, 11) is 1.04. The molecule has 0 radical (unpaired) electrons. The van der Waals surface area contributed by atoms with E-state index in [9.17, 15) is 26.7 Å². The first-order valence-electron chi connectivity index (χ1n) is 5.37. The number of hydrogen-bond acceptors (Lipinski definition) is 4. The molecule has 1 heterocycles. The highest BCUT2D eigenvalue weighted by atomic mass is 35.5. The van der Waals surface area contributed by atoms with E-state index in [-0.39, 0.29) is 0 Å². The highest BCUT2D eigenvalue weighted by Crippen LogP contribution is 2.35. The molecule has 0 saturated carbocycles. The number of pyridine rings is 1. The monoisotopic (exact) mass is 333 g/mol. The Morgan fingerprint density at radius 3 is 2.48 bits per heavy atom. The van der Waals surface area contributed by atoms with Crippen LogP contribution in [0.4, 0.5) is 22.0 Å². The van der Waals surface area contributed by atoms with Crippen LogP contribution in [0, 0.1) is 0 Å². The van der Waals surface area contributed by atoms with E-state index in [2.05, 4.69) is 14.5 Å². The molecular formula is C11H9ClF5NO3. The predicted molar refractivity (Wildman–Crippen MR) is 61.2 cm³/mol. The highest BCUT2D eigenvalue weighted by Gasteiger charge is 2.34. The molecule has 0 N–H and O–H groups in total. The molecule has 1 aromatic heterocycles. The Labute approximate surface area is 120 Å². The summed E-state index contributed by atoms with van der Waals surface area (Å²) < 4.78 is 70.6. The van der Waals surface area contributed by atoms with Gasteiger partial charge in [-0.3, -0.25) is 9.78 Å². The zero-order valence-corrected chi connectivity index (χ0v) is 11.3. The summed E-state index contributed by atoms with van der Waals surface area (Å²) in [4.78, 5) is 14.5.